The van der Waals surface area contributed by atoms with E-state index in [0.717, 1.165) is 38.8 Å². The van der Waals surface area contributed by atoms with Gasteiger partial charge in [-0.15, -0.1) is 8.78 Å². The summed E-state index contributed by atoms with van der Waals surface area (Å²) in [5.41, 5.74) is 1.82. The monoisotopic (exact) mass is 551 g/mol. The summed E-state index contributed by atoms with van der Waals surface area (Å²) in [7, 11) is 0. The van der Waals surface area contributed by atoms with Gasteiger partial charge in [-0.1, -0.05) is 18.2 Å². The Balaban J connectivity index is 1.38. The summed E-state index contributed by atoms with van der Waals surface area (Å²) in [5.74, 6) is -0.321. The number of alkyl halides is 2. The van der Waals surface area contributed by atoms with Gasteiger partial charge in [0, 0.05) is 55.6 Å². The van der Waals surface area contributed by atoms with Crippen molar-refractivity contribution in [2.75, 3.05) is 31.5 Å². The van der Waals surface area contributed by atoms with Crippen LogP contribution in [0.5, 0.6) is 11.5 Å². The zero-order valence-electron chi connectivity index (χ0n) is 22.2. The van der Waals surface area contributed by atoms with Crippen molar-refractivity contribution in [1.29, 1.82) is 0 Å². The lowest BCUT2D eigenvalue weighted by molar-refractivity contribution is -0.286. The number of likely N-dealkylation sites (tertiary alicyclic amines) is 2. The van der Waals surface area contributed by atoms with Gasteiger partial charge in [-0.3, -0.25) is 14.9 Å². The molecule has 0 spiro atoms. The van der Waals surface area contributed by atoms with E-state index < -0.39 is 6.29 Å². The molecule has 3 aliphatic rings. The van der Waals surface area contributed by atoms with Crippen LogP contribution in [-0.4, -0.2) is 63.6 Å². The van der Waals surface area contributed by atoms with Crippen molar-refractivity contribution < 1.29 is 27.8 Å². The molecule has 9 nitrogen and oxygen atoms in total. The first kappa shape index (κ1) is 26.1. The van der Waals surface area contributed by atoms with Crippen LogP contribution >= 0.6 is 0 Å². The number of ether oxygens (including phenoxy) is 2. The van der Waals surface area contributed by atoms with E-state index in [1.54, 1.807) is 37.3 Å². The van der Waals surface area contributed by atoms with E-state index >= 15 is 0 Å². The summed E-state index contributed by atoms with van der Waals surface area (Å²) >= 11 is 0. The van der Waals surface area contributed by atoms with Gasteiger partial charge in [0.1, 0.15) is 0 Å². The normalized spacial score (nSPS) is 20.3. The molecule has 3 aromatic rings. The molecule has 11 heteroatoms. The fourth-order valence-corrected chi connectivity index (χ4v) is 5.78. The second-order valence-electron chi connectivity index (χ2n) is 10.5. The summed E-state index contributed by atoms with van der Waals surface area (Å²) in [4.78, 5) is 35.0. The molecular formula is C29H31F2N5O4. The highest BCUT2D eigenvalue weighted by Crippen LogP contribution is 2.47. The van der Waals surface area contributed by atoms with Crippen molar-refractivity contribution in [3.8, 4) is 11.5 Å². The van der Waals surface area contributed by atoms with Crippen molar-refractivity contribution in [3.63, 3.8) is 0 Å². The van der Waals surface area contributed by atoms with Crippen LogP contribution in [0.3, 0.4) is 0 Å². The van der Waals surface area contributed by atoms with Crippen LogP contribution in [0.2, 0.25) is 0 Å². The van der Waals surface area contributed by atoms with E-state index in [0.29, 0.717) is 41.7 Å². The first-order valence-corrected chi connectivity index (χ1v) is 13.7. The molecule has 1 atom stereocenters. The predicted molar refractivity (Wildman–Crippen MR) is 144 cm³/mol. The van der Waals surface area contributed by atoms with Gasteiger partial charge >= 0.3 is 6.29 Å². The molecule has 0 unspecified atom stereocenters. The average molecular weight is 552 g/mol. The smallest absolute Gasteiger partial charge is 0.395 e. The van der Waals surface area contributed by atoms with Gasteiger partial charge in [0.15, 0.2) is 11.5 Å². The van der Waals surface area contributed by atoms with E-state index in [1.165, 1.54) is 6.07 Å². The van der Waals surface area contributed by atoms with Crippen molar-refractivity contribution in [1.82, 2.24) is 19.4 Å². The van der Waals surface area contributed by atoms with E-state index in [1.807, 2.05) is 21.7 Å². The number of aryl methyl sites for hydroxylation is 1. The third-order valence-electron chi connectivity index (χ3n) is 7.73. The fraction of sp³-hybridized carbons (Fsp3) is 0.414. The summed E-state index contributed by atoms with van der Waals surface area (Å²) in [6.07, 6.45) is 4.37. The number of hydrogen-bond donors (Lipinski definition) is 1. The van der Waals surface area contributed by atoms with Gasteiger partial charge in [0.2, 0.25) is 11.9 Å². The molecule has 0 bridgehead atoms. The van der Waals surface area contributed by atoms with Crippen LogP contribution in [-0.2, 0) is 4.79 Å². The van der Waals surface area contributed by atoms with Gasteiger partial charge in [-0.2, -0.15) is 0 Å². The highest BCUT2D eigenvalue weighted by atomic mass is 19.3. The Hall–Kier alpha value is -4.15. The maximum atomic E-state index is 14.0. The number of benzene rings is 2. The Morgan fingerprint density at radius 3 is 2.60 bits per heavy atom. The van der Waals surface area contributed by atoms with E-state index in [2.05, 4.69) is 15.2 Å². The van der Waals surface area contributed by atoms with Gasteiger partial charge in [0.05, 0.1) is 17.1 Å². The first-order valence-electron chi connectivity index (χ1n) is 13.7. The average Bonchev–Trinajstić information content (AvgIpc) is 3.60. The van der Waals surface area contributed by atoms with E-state index in [-0.39, 0.29) is 35.3 Å². The zero-order valence-corrected chi connectivity index (χ0v) is 22.2. The van der Waals surface area contributed by atoms with E-state index in [4.69, 9.17) is 9.47 Å². The molecule has 40 heavy (non-hydrogen) atoms. The molecular weight excluding hydrogens is 520 g/mol. The molecule has 6 rings (SSSR count). The molecule has 0 radical (unpaired) electrons. The molecule has 0 saturated carbocycles. The molecule has 4 heterocycles. The second-order valence-corrected chi connectivity index (χ2v) is 10.5. The molecule has 1 N–H and O–H groups in total. The van der Waals surface area contributed by atoms with Crippen LogP contribution in [0, 0.1) is 6.92 Å². The van der Waals surface area contributed by atoms with Gasteiger partial charge < -0.3 is 23.8 Å². The molecule has 210 valence electrons. The Morgan fingerprint density at radius 2 is 1.82 bits per heavy atom. The Kier molecular flexibility index (Phi) is 6.81. The topological polar surface area (TPSA) is 88.9 Å². The highest BCUT2D eigenvalue weighted by Gasteiger charge is 2.45. The third kappa shape index (κ3) is 5.07. The van der Waals surface area contributed by atoms with Crippen LogP contribution < -0.4 is 14.8 Å². The van der Waals surface area contributed by atoms with Gasteiger partial charge in [-0.25, -0.2) is 4.98 Å². The Morgan fingerprint density at radius 1 is 1.07 bits per heavy atom. The van der Waals surface area contributed by atoms with Crippen LogP contribution in [0.15, 0.2) is 48.7 Å². The SMILES string of the molecule is Cc1c2c(cc3nc(NC(=O)c4ccccc4)n([C@@H]4CCCCN(C(=O)/C=C/N5CCCC5)C4)c13)OC(F)(F)O2. The predicted octanol–water partition coefficient (Wildman–Crippen LogP) is 5.08. The fourth-order valence-electron chi connectivity index (χ4n) is 5.78. The number of nitrogens with zero attached hydrogens (tertiary/aromatic N) is 4. The maximum Gasteiger partial charge on any atom is 0.586 e. The largest absolute Gasteiger partial charge is 0.586 e. The number of nitrogens with one attached hydrogen (secondary N) is 1. The number of carbonyl (C=O) groups excluding carboxylic acids is 2. The number of fused-ring (bicyclic) bond motifs is 2. The van der Waals surface area contributed by atoms with Gasteiger partial charge in [0.25, 0.3) is 5.91 Å². The zero-order chi connectivity index (χ0) is 27.9. The molecule has 0 aliphatic carbocycles. The minimum Gasteiger partial charge on any atom is -0.395 e. The Labute approximate surface area is 230 Å². The van der Waals surface area contributed by atoms with Crippen LogP contribution in [0.25, 0.3) is 11.0 Å². The van der Waals surface area contributed by atoms with Crippen LogP contribution in [0.4, 0.5) is 14.7 Å². The quantitative estimate of drug-likeness (QED) is 0.445. The lowest BCUT2D eigenvalue weighted by Crippen LogP contribution is -2.35. The number of halogens is 2. The summed E-state index contributed by atoms with van der Waals surface area (Å²) < 4.78 is 39.3. The summed E-state index contributed by atoms with van der Waals surface area (Å²) in [5, 5.41) is 2.92. The van der Waals surface area contributed by atoms with Gasteiger partial charge in [-0.05, 0) is 51.2 Å². The third-order valence-corrected chi connectivity index (χ3v) is 7.73. The lowest BCUT2D eigenvalue weighted by atomic mass is 10.1. The van der Waals surface area contributed by atoms with Crippen molar-refractivity contribution in [3.05, 3.63) is 59.8 Å². The second kappa shape index (κ2) is 10.4. The van der Waals surface area contributed by atoms with Crippen molar-refractivity contribution in [2.24, 2.45) is 0 Å². The first-order chi connectivity index (χ1) is 19.3. The number of amides is 2. The number of aromatic nitrogens is 2. The number of carbonyl (C=O) groups is 2. The van der Waals surface area contributed by atoms with E-state index in [9.17, 15) is 18.4 Å². The lowest BCUT2D eigenvalue weighted by Gasteiger charge is -2.26. The number of anilines is 1. The Bertz CT molecular complexity index is 1470. The highest BCUT2D eigenvalue weighted by molar-refractivity contribution is 6.04. The minimum atomic E-state index is -3.77. The molecule has 2 fully saturated rings. The molecule has 2 aromatic carbocycles. The number of rotatable bonds is 5. The van der Waals surface area contributed by atoms with Crippen LogP contribution in [0.1, 0.15) is 54.1 Å². The molecule has 2 amide bonds. The van der Waals surface area contributed by atoms with Crippen molar-refractivity contribution >= 4 is 28.8 Å². The maximum absolute atomic E-state index is 14.0. The van der Waals surface area contributed by atoms with Crippen molar-refractivity contribution in [2.45, 2.75) is 51.4 Å². The molecule has 2 saturated heterocycles. The summed E-state index contributed by atoms with van der Waals surface area (Å²) in [6, 6.07) is 9.91. The molecule has 1 aromatic heterocycles. The number of imidazole rings is 1. The molecule has 3 aliphatic heterocycles. The minimum absolute atomic E-state index is 0.0605. The number of hydrogen-bond acceptors (Lipinski definition) is 6. The standard InChI is InChI=1S/C29H31F2N5O4/c1-19-25-22(17-23-26(19)40-29(30,31)39-23)32-28(33-27(38)20-9-3-2-4-10-20)36(25)21-11-5-6-15-35(18-21)24(37)12-16-34-13-7-8-14-34/h2-4,9-10,12,16-17,21H,5-8,11,13-15,18H2,1H3,(H,32,33,38)/b16-12+/t21-/m1/s1. The summed E-state index contributed by atoms with van der Waals surface area (Å²) in [6.45, 7) is 4.56.